The quantitative estimate of drug-likeness (QED) is 0.422. The van der Waals surface area contributed by atoms with Gasteiger partial charge in [0, 0.05) is 0 Å². The molecule has 1 heteroatoms. The minimum absolute atomic E-state index is 0.892. The van der Waals surface area contributed by atoms with Crippen LogP contribution in [0.1, 0.15) is 87.0 Å². The molecular formula is C26H50Si. The van der Waals surface area contributed by atoms with Crippen LogP contribution >= 0.6 is 0 Å². The van der Waals surface area contributed by atoms with Crippen molar-refractivity contribution in [1.29, 1.82) is 0 Å². The first-order valence-corrected chi connectivity index (χ1v) is 15.7. The highest BCUT2D eigenvalue weighted by molar-refractivity contribution is 6.80. The first-order chi connectivity index (χ1) is 12.6. The van der Waals surface area contributed by atoms with Gasteiger partial charge in [-0.1, -0.05) is 80.8 Å². The van der Waals surface area contributed by atoms with Gasteiger partial charge < -0.3 is 0 Å². The van der Waals surface area contributed by atoms with Gasteiger partial charge in [0.15, 0.2) is 0 Å². The second kappa shape index (κ2) is 8.15. The van der Waals surface area contributed by atoms with Gasteiger partial charge in [-0.05, 0) is 83.6 Å². The van der Waals surface area contributed by atoms with E-state index in [-0.39, 0.29) is 0 Å². The number of hydrogen-bond donors (Lipinski definition) is 0. The third-order valence-corrected chi connectivity index (χ3v) is 16.1. The molecule has 158 valence electrons. The average molecular weight is 391 g/mol. The molecule has 0 heterocycles. The van der Waals surface area contributed by atoms with E-state index in [0.717, 1.165) is 64.3 Å². The lowest BCUT2D eigenvalue weighted by atomic mass is 9.65. The average Bonchev–Trinajstić information content (AvgIpc) is 3.16. The van der Waals surface area contributed by atoms with Crippen LogP contribution in [0.4, 0.5) is 0 Å². The highest BCUT2D eigenvalue weighted by Crippen LogP contribution is 2.60. The Morgan fingerprint density at radius 3 is 1.85 bits per heavy atom. The fourth-order valence-electron chi connectivity index (χ4n) is 8.62. The summed E-state index contributed by atoms with van der Waals surface area (Å²) in [6.07, 6.45) is 9.26. The predicted molar refractivity (Wildman–Crippen MR) is 124 cm³/mol. The smallest absolute Gasteiger partial charge is 0.0541 e. The summed E-state index contributed by atoms with van der Waals surface area (Å²) in [4.78, 5) is 0. The molecule has 3 aliphatic rings. The topological polar surface area (TPSA) is 0 Å². The lowest BCUT2D eigenvalue weighted by molar-refractivity contribution is 0.0939. The van der Waals surface area contributed by atoms with Crippen LogP contribution in [0, 0.1) is 53.3 Å². The van der Waals surface area contributed by atoms with Crippen molar-refractivity contribution in [3.05, 3.63) is 0 Å². The Morgan fingerprint density at radius 1 is 0.704 bits per heavy atom. The maximum Gasteiger partial charge on any atom is 0.0541 e. The minimum Gasteiger partial charge on any atom is -0.0689 e. The Bertz CT molecular complexity index is 480. The minimum atomic E-state index is -1.22. The highest BCUT2D eigenvalue weighted by atomic mass is 28.3. The zero-order valence-electron chi connectivity index (χ0n) is 20.1. The van der Waals surface area contributed by atoms with E-state index in [1.807, 2.05) is 0 Å². The summed E-state index contributed by atoms with van der Waals surface area (Å²) in [5, 5.41) is 0. The van der Waals surface area contributed by atoms with Crippen molar-refractivity contribution in [2.45, 2.75) is 111 Å². The number of hydrogen-bond acceptors (Lipinski definition) is 0. The predicted octanol–water partition coefficient (Wildman–Crippen LogP) is 8.50. The molecule has 0 aromatic carbocycles. The van der Waals surface area contributed by atoms with E-state index >= 15 is 0 Å². The second-order valence-corrected chi connectivity index (χ2v) is 17.7. The second-order valence-electron chi connectivity index (χ2n) is 12.5. The standard InChI is InChI=1S/C26H50Si/c1-16(2)24-13-10-17(3)14-25(24)22-11-12-23(15-22)27(8,9)26-20(6)18(4)19(5)21(26)7/h16-26H,10-15H2,1-9H3/t17-,18?,19?,20?,21?,22?,23?,24+,25+,26?/m1/s1. The maximum absolute atomic E-state index is 2.80. The lowest BCUT2D eigenvalue weighted by Gasteiger charge is -2.43. The van der Waals surface area contributed by atoms with Gasteiger partial charge in [0.2, 0.25) is 0 Å². The Balaban J connectivity index is 1.72. The molecule has 0 N–H and O–H groups in total. The summed E-state index contributed by atoms with van der Waals surface area (Å²) in [7, 11) is -1.22. The van der Waals surface area contributed by atoms with E-state index in [1.54, 1.807) is 19.3 Å². The Kier molecular flexibility index (Phi) is 6.62. The molecule has 0 aromatic rings. The van der Waals surface area contributed by atoms with Crippen molar-refractivity contribution in [3.8, 4) is 0 Å². The first-order valence-electron chi connectivity index (χ1n) is 12.6. The maximum atomic E-state index is 2.80. The van der Waals surface area contributed by atoms with Crippen molar-refractivity contribution in [3.63, 3.8) is 0 Å². The van der Waals surface area contributed by atoms with Gasteiger partial charge in [-0.2, -0.15) is 0 Å². The van der Waals surface area contributed by atoms with E-state index < -0.39 is 8.07 Å². The molecule has 27 heavy (non-hydrogen) atoms. The van der Waals surface area contributed by atoms with Crippen molar-refractivity contribution in [2.75, 3.05) is 0 Å². The van der Waals surface area contributed by atoms with Gasteiger partial charge >= 0.3 is 0 Å². The van der Waals surface area contributed by atoms with Gasteiger partial charge in [-0.25, -0.2) is 0 Å². The van der Waals surface area contributed by atoms with Crippen LogP contribution in [0.2, 0.25) is 24.2 Å². The van der Waals surface area contributed by atoms with E-state index in [0.29, 0.717) is 0 Å². The molecule has 3 fully saturated rings. The Morgan fingerprint density at radius 2 is 1.30 bits per heavy atom. The van der Waals surface area contributed by atoms with Crippen LogP contribution in [-0.4, -0.2) is 8.07 Å². The zero-order valence-corrected chi connectivity index (χ0v) is 21.1. The molecule has 0 spiro atoms. The van der Waals surface area contributed by atoms with Crippen LogP contribution in [0.15, 0.2) is 0 Å². The molecule has 0 radical (unpaired) electrons. The van der Waals surface area contributed by atoms with E-state index in [2.05, 4.69) is 61.6 Å². The molecule has 3 aliphatic carbocycles. The number of rotatable bonds is 4. The third-order valence-electron chi connectivity index (χ3n) is 10.7. The molecule has 3 rings (SSSR count). The summed E-state index contributed by atoms with van der Waals surface area (Å²) in [5.74, 6) is 8.74. The molecule has 3 saturated carbocycles. The lowest BCUT2D eigenvalue weighted by Crippen LogP contribution is -2.41. The molecule has 0 aliphatic heterocycles. The molecule has 6 unspecified atom stereocenters. The van der Waals surface area contributed by atoms with Gasteiger partial charge in [-0.15, -0.1) is 0 Å². The zero-order chi connectivity index (χ0) is 20.1. The van der Waals surface area contributed by atoms with Gasteiger partial charge in [-0.3, -0.25) is 0 Å². The van der Waals surface area contributed by atoms with Crippen molar-refractivity contribution in [1.82, 2.24) is 0 Å². The Hall–Kier alpha value is 0.217. The normalized spacial score (nSPS) is 49.1. The van der Waals surface area contributed by atoms with E-state index in [1.165, 1.54) is 19.3 Å². The van der Waals surface area contributed by atoms with E-state index in [4.69, 9.17) is 0 Å². The molecular weight excluding hydrogens is 340 g/mol. The molecule has 0 amide bonds. The van der Waals surface area contributed by atoms with Crippen LogP contribution in [0.25, 0.3) is 0 Å². The summed E-state index contributed by atoms with van der Waals surface area (Å²) < 4.78 is 0. The summed E-state index contributed by atoms with van der Waals surface area (Å²) in [5.41, 5.74) is 2.15. The molecule has 9 atom stereocenters. The van der Waals surface area contributed by atoms with E-state index in [9.17, 15) is 0 Å². The van der Waals surface area contributed by atoms with Gasteiger partial charge in [0.25, 0.3) is 0 Å². The van der Waals surface area contributed by atoms with Gasteiger partial charge in [0.05, 0.1) is 8.07 Å². The van der Waals surface area contributed by atoms with Crippen LogP contribution < -0.4 is 0 Å². The van der Waals surface area contributed by atoms with Crippen molar-refractivity contribution >= 4 is 8.07 Å². The highest BCUT2D eigenvalue weighted by Gasteiger charge is 2.53. The Labute approximate surface area is 172 Å². The fourth-order valence-corrected chi connectivity index (χ4v) is 14.3. The summed E-state index contributed by atoms with van der Waals surface area (Å²) in [6, 6.07) is 0. The van der Waals surface area contributed by atoms with Crippen LogP contribution in [0.5, 0.6) is 0 Å². The molecule has 0 saturated heterocycles. The van der Waals surface area contributed by atoms with Crippen molar-refractivity contribution < 1.29 is 0 Å². The van der Waals surface area contributed by atoms with Crippen LogP contribution in [0.3, 0.4) is 0 Å². The summed E-state index contributed by atoms with van der Waals surface area (Å²) >= 11 is 0. The molecule has 0 bridgehead atoms. The first kappa shape index (κ1) is 21.9. The monoisotopic (exact) mass is 390 g/mol. The summed E-state index contributed by atoms with van der Waals surface area (Å²) in [6.45, 7) is 23.4. The van der Waals surface area contributed by atoms with Crippen molar-refractivity contribution in [2.24, 2.45) is 53.3 Å². The molecule has 0 nitrogen and oxygen atoms in total. The molecule has 0 aromatic heterocycles. The largest absolute Gasteiger partial charge is 0.0689 e. The third kappa shape index (κ3) is 3.97. The van der Waals surface area contributed by atoms with Crippen LogP contribution in [-0.2, 0) is 0 Å². The van der Waals surface area contributed by atoms with Gasteiger partial charge in [0.1, 0.15) is 0 Å². The fraction of sp³-hybridized carbons (Fsp3) is 1.00. The SMILES string of the molecule is CC1C(C)C(C)C([Si](C)(C)C2CCC([C@@H]3C[C@H](C)CC[C@H]3C(C)C)C2)C1C.